The molecule has 4 nitrogen and oxygen atoms in total. The summed E-state index contributed by atoms with van der Waals surface area (Å²) >= 11 is 0. The predicted octanol–water partition coefficient (Wildman–Crippen LogP) is 2.05. The number of carbonyl (C=O) groups is 1. The lowest BCUT2D eigenvalue weighted by Crippen LogP contribution is -2.41. The van der Waals surface area contributed by atoms with Crippen LogP contribution in [0.5, 0.6) is 0 Å². The fourth-order valence-corrected chi connectivity index (χ4v) is 2.12. The summed E-state index contributed by atoms with van der Waals surface area (Å²) in [5.41, 5.74) is 0. The molecule has 0 aliphatic heterocycles. The fraction of sp³-hybridized carbons (Fsp3) is 0.786. The SMILES string of the molecule is CC(C)CCCCNC(=O)N[C@@H]1C=C[C@H](CO)C1. The second kappa shape index (κ2) is 8.14. The summed E-state index contributed by atoms with van der Waals surface area (Å²) in [6.07, 6.45) is 8.14. The summed E-state index contributed by atoms with van der Waals surface area (Å²) in [6.45, 7) is 5.32. The summed E-state index contributed by atoms with van der Waals surface area (Å²) in [6, 6.07) is -0.0365. The van der Waals surface area contributed by atoms with Crippen LogP contribution in [0.4, 0.5) is 4.79 Å². The highest BCUT2D eigenvalue weighted by Crippen LogP contribution is 2.16. The Labute approximate surface area is 110 Å². The molecular weight excluding hydrogens is 228 g/mol. The number of unbranched alkanes of at least 4 members (excludes halogenated alkanes) is 1. The van der Waals surface area contributed by atoms with Crippen molar-refractivity contribution in [1.82, 2.24) is 10.6 Å². The maximum Gasteiger partial charge on any atom is 0.315 e. The molecule has 18 heavy (non-hydrogen) atoms. The van der Waals surface area contributed by atoms with Gasteiger partial charge in [-0.25, -0.2) is 4.79 Å². The number of hydrogen-bond acceptors (Lipinski definition) is 2. The van der Waals surface area contributed by atoms with Gasteiger partial charge in [0.15, 0.2) is 0 Å². The Morgan fingerprint density at radius 1 is 1.39 bits per heavy atom. The molecule has 0 saturated carbocycles. The van der Waals surface area contributed by atoms with Gasteiger partial charge in [0.25, 0.3) is 0 Å². The number of nitrogens with one attached hydrogen (secondary N) is 2. The van der Waals surface area contributed by atoms with Crippen LogP contribution >= 0.6 is 0 Å². The van der Waals surface area contributed by atoms with Crippen LogP contribution in [0.15, 0.2) is 12.2 Å². The minimum Gasteiger partial charge on any atom is -0.396 e. The number of aliphatic hydroxyl groups is 1. The zero-order valence-corrected chi connectivity index (χ0v) is 11.5. The molecule has 0 bridgehead atoms. The van der Waals surface area contributed by atoms with E-state index in [0.717, 1.165) is 31.7 Å². The zero-order valence-electron chi connectivity index (χ0n) is 11.5. The van der Waals surface area contributed by atoms with Gasteiger partial charge >= 0.3 is 6.03 Å². The first kappa shape index (κ1) is 15.0. The highest BCUT2D eigenvalue weighted by Gasteiger charge is 2.19. The molecule has 0 aromatic heterocycles. The third-order valence-electron chi connectivity index (χ3n) is 3.22. The van der Waals surface area contributed by atoms with Crippen molar-refractivity contribution in [3.8, 4) is 0 Å². The van der Waals surface area contributed by atoms with Crippen molar-refractivity contribution in [1.29, 1.82) is 0 Å². The number of urea groups is 1. The van der Waals surface area contributed by atoms with Crippen LogP contribution in [0.1, 0.15) is 39.5 Å². The van der Waals surface area contributed by atoms with Crippen LogP contribution in [0.25, 0.3) is 0 Å². The van der Waals surface area contributed by atoms with E-state index in [2.05, 4.69) is 24.5 Å². The quantitative estimate of drug-likeness (QED) is 0.481. The van der Waals surface area contributed by atoms with Crippen molar-refractivity contribution in [3.63, 3.8) is 0 Å². The lowest BCUT2D eigenvalue weighted by Gasteiger charge is -2.13. The van der Waals surface area contributed by atoms with E-state index in [9.17, 15) is 4.79 Å². The summed E-state index contributed by atoms with van der Waals surface area (Å²) in [7, 11) is 0. The first-order chi connectivity index (χ1) is 8.61. The Bertz CT molecular complexity index is 277. The van der Waals surface area contributed by atoms with E-state index in [1.165, 1.54) is 6.42 Å². The molecular formula is C14H26N2O2. The lowest BCUT2D eigenvalue weighted by atomic mass is 10.1. The Morgan fingerprint density at radius 2 is 2.17 bits per heavy atom. The van der Waals surface area contributed by atoms with Crippen molar-refractivity contribution in [2.75, 3.05) is 13.2 Å². The third-order valence-corrected chi connectivity index (χ3v) is 3.22. The molecule has 1 aliphatic carbocycles. The molecule has 4 heteroatoms. The molecule has 0 aromatic rings. The molecule has 0 unspecified atom stereocenters. The zero-order chi connectivity index (χ0) is 13.4. The normalized spacial score (nSPS) is 22.4. The molecule has 0 aromatic carbocycles. The first-order valence-corrected chi connectivity index (χ1v) is 6.95. The maximum absolute atomic E-state index is 11.6. The molecule has 1 aliphatic rings. The highest BCUT2D eigenvalue weighted by atomic mass is 16.3. The van der Waals surface area contributed by atoms with Crippen molar-refractivity contribution in [2.45, 2.75) is 45.6 Å². The third kappa shape index (κ3) is 6.05. The number of rotatable bonds is 7. The standard InChI is InChI=1S/C14H26N2O2/c1-11(2)5-3-4-8-15-14(18)16-13-7-6-12(9-13)10-17/h6-7,11-13,17H,3-5,8-10H2,1-2H3,(H2,15,16,18)/t12-,13+/m0/s1. The van der Waals surface area contributed by atoms with E-state index in [1.807, 2.05) is 12.2 Å². The molecule has 104 valence electrons. The summed E-state index contributed by atoms with van der Waals surface area (Å²) in [5, 5.41) is 14.7. The topological polar surface area (TPSA) is 61.4 Å². The van der Waals surface area contributed by atoms with E-state index < -0.39 is 0 Å². The van der Waals surface area contributed by atoms with Crippen molar-refractivity contribution < 1.29 is 9.90 Å². The van der Waals surface area contributed by atoms with Crippen molar-refractivity contribution in [2.24, 2.45) is 11.8 Å². The highest BCUT2D eigenvalue weighted by molar-refractivity contribution is 5.74. The Kier molecular flexibility index (Phi) is 6.80. The van der Waals surface area contributed by atoms with E-state index in [0.29, 0.717) is 0 Å². The largest absolute Gasteiger partial charge is 0.396 e. The molecule has 0 saturated heterocycles. The van der Waals surface area contributed by atoms with Gasteiger partial charge in [-0.3, -0.25) is 0 Å². The summed E-state index contributed by atoms with van der Waals surface area (Å²) in [4.78, 5) is 11.6. The van der Waals surface area contributed by atoms with Gasteiger partial charge in [0, 0.05) is 25.1 Å². The van der Waals surface area contributed by atoms with Crippen LogP contribution < -0.4 is 10.6 Å². The van der Waals surface area contributed by atoms with Gasteiger partial charge in [0.05, 0.1) is 0 Å². The monoisotopic (exact) mass is 254 g/mol. The molecule has 0 spiro atoms. The Hall–Kier alpha value is -1.03. The maximum atomic E-state index is 11.6. The summed E-state index contributed by atoms with van der Waals surface area (Å²) < 4.78 is 0. The molecule has 3 N–H and O–H groups in total. The van der Waals surface area contributed by atoms with Crippen LogP contribution in [-0.4, -0.2) is 30.3 Å². The molecule has 1 rings (SSSR count). The van der Waals surface area contributed by atoms with Gasteiger partial charge in [-0.1, -0.05) is 38.8 Å². The Balaban J connectivity index is 2.03. The van der Waals surface area contributed by atoms with E-state index >= 15 is 0 Å². The van der Waals surface area contributed by atoms with Gasteiger partial charge in [0.1, 0.15) is 0 Å². The van der Waals surface area contributed by atoms with Crippen LogP contribution in [-0.2, 0) is 0 Å². The summed E-state index contributed by atoms with van der Waals surface area (Å²) in [5.74, 6) is 0.930. The molecule has 0 radical (unpaired) electrons. The average Bonchev–Trinajstić information content (AvgIpc) is 2.76. The predicted molar refractivity (Wildman–Crippen MR) is 73.3 cm³/mol. The van der Waals surface area contributed by atoms with Gasteiger partial charge in [-0.15, -0.1) is 0 Å². The van der Waals surface area contributed by atoms with Crippen LogP contribution in [0.3, 0.4) is 0 Å². The lowest BCUT2D eigenvalue weighted by molar-refractivity contribution is 0.231. The molecule has 2 amide bonds. The smallest absolute Gasteiger partial charge is 0.315 e. The second-order valence-corrected chi connectivity index (χ2v) is 5.46. The minimum absolute atomic E-state index is 0.0674. The average molecular weight is 254 g/mol. The van der Waals surface area contributed by atoms with Gasteiger partial charge in [0.2, 0.25) is 0 Å². The van der Waals surface area contributed by atoms with Gasteiger partial charge < -0.3 is 15.7 Å². The first-order valence-electron chi connectivity index (χ1n) is 6.95. The van der Waals surface area contributed by atoms with Crippen LogP contribution in [0, 0.1) is 11.8 Å². The van der Waals surface area contributed by atoms with Crippen molar-refractivity contribution in [3.05, 3.63) is 12.2 Å². The number of carbonyl (C=O) groups excluding carboxylic acids is 1. The fourth-order valence-electron chi connectivity index (χ4n) is 2.12. The van der Waals surface area contributed by atoms with E-state index in [1.54, 1.807) is 0 Å². The number of hydrogen-bond donors (Lipinski definition) is 3. The molecule has 0 fully saturated rings. The van der Waals surface area contributed by atoms with Gasteiger partial charge in [-0.2, -0.15) is 0 Å². The van der Waals surface area contributed by atoms with Crippen molar-refractivity contribution >= 4 is 6.03 Å². The second-order valence-electron chi connectivity index (χ2n) is 5.46. The van der Waals surface area contributed by atoms with E-state index in [4.69, 9.17) is 5.11 Å². The van der Waals surface area contributed by atoms with Crippen LogP contribution in [0.2, 0.25) is 0 Å². The van der Waals surface area contributed by atoms with Gasteiger partial charge in [-0.05, 0) is 18.8 Å². The molecule has 0 heterocycles. The number of aliphatic hydroxyl groups excluding tert-OH is 1. The molecule has 2 atom stereocenters. The number of amides is 2. The van der Waals surface area contributed by atoms with E-state index in [-0.39, 0.29) is 24.6 Å². The Morgan fingerprint density at radius 3 is 2.78 bits per heavy atom. The minimum atomic E-state index is -0.104.